The molecule has 90 valence electrons. The minimum atomic E-state index is 0.0734. The Bertz CT molecular complexity index is 733. The van der Waals surface area contributed by atoms with Gasteiger partial charge in [-0.05, 0) is 25.0 Å². The molecule has 5 nitrogen and oxygen atoms in total. The summed E-state index contributed by atoms with van der Waals surface area (Å²) in [5.74, 6) is 0.478. The molecule has 0 bridgehead atoms. The lowest BCUT2D eigenvalue weighted by Gasteiger charge is -2.11. The first kappa shape index (κ1) is 10.7. The van der Waals surface area contributed by atoms with Crippen molar-refractivity contribution in [2.75, 3.05) is 0 Å². The van der Waals surface area contributed by atoms with E-state index in [9.17, 15) is 5.11 Å². The molecule has 0 fully saturated rings. The molecule has 1 N–H and O–H groups in total. The number of rotatable bonds is 1. The van der Waals surface area contributed by atoms with Crippen LogP contribution in [0.25, 0.3) is 16.9 Å². The van der Waals surface area contributed by atoms with E-state index in [0.29, 0.717) is 11.3 Å². The third-order valence-electron chi connectivity index (χ3n) is 3.00. The number of fused-ring (bicyclic) bond motifs is 1. The van der Waals surface area contributed by atoms with Gasteiger partial charge in [-0.25, -0.2) is 4.98 Å². The highest BCUT2D eigenvalue weighted by atomic mass is 16.3. The van der Waals surface area contributed by atoms with E-state index < -0.39 is 0 Å². The summed E-state index contributed by atoms with van der Waals surface area (Å²) in [7, 11) is 0. The molecule has 0 aliphatic heterocycles. The van der Waals surface area contributed by atoms with Crippen LogP contribution < -0.4 is 0 Å². The van der Waals surface area contributed by atoms with Gasteiger partial charge in [-0.3, -0.25) is 0 Å². The topological polar surface area (TPSA) is 63.3 Å². The highest BCUT2D eigenvalue weighted by molar-refractivity contribution is 5.74. The van der Waals surface area contributed by atoms with Gasteiger partial charge in [0.05, 0.1) is 11.3 Å². The number of aromatic nitrogens is 4. The lowest BCUT2D eigenvalue weighted by Crippen LogP contribution is -1.99. The van der Waals surface area contributed by atoms with Crippen molar-refractivity contribution in [2.45, 2.75) is 13.8 Å². The van der Waals surface area contributed by atoms with Crippen LogP contribution in [0.1, 0.15) is 11.3 Å². The van der Waals surface area contributed by atoms with Crippen molar-refractivity contribution in [1.82, 2.24) is 19.6 Å². The number of benzene rings is 1. The fraction of sp³-hybridized carbons (Fsp3) is 0.154. The SMILES string of the molecule is Cc1ccccc1-c1c(C)nc2ncnn2c1O. The van der Waals surface area contributed by atoms with Gasteiger partial charge >= 0.3 is 0 Å². The maximum atomic E-state index is 10.3. The molecule has 18 heavy (non-hydrogen) atoms. The summed E-state index contributed by atoms with van der Waals surface area (Å²) in [6.07, 6.45) is 1.38. The van der Waals surface area contributed by atoms with E-state index in [1.54, 1.807) is 0 Å². The third kappa shape index (κ3) is 1.44. The molecular weight excluding hydrogens is 228 g/mol. The van der Waals surface area contributed by atoms with Gasteiger partial charge in [0.2, 0.25) is 5.88 Å². The predicted molar refractivity (Wildman–Crippen MR) is 67.4 cm³/mol. The van der Waals surface area contributed by atoms with Gasteiger partial charge in [-0.2, -0.15) is 14.6 Å². The summed E-state index contributed by atoms with van der Waals surface area (Å²) in [6.45, 7) is 3.86. The van der Waals surface area contributed by atoms with Gasteiger partial charge in [0.15, 0.2) is 0 Å². The zero-order valence-electron chi connectivity index (χ0n) is 10.1. The van der Waals surface area contributed by atoms with Gasteiger partial charge in [0.1, 0.15) is 6.33 Å². The van der Waals surface area contributed by atoms with Gasteiger partial charge in [0, 0.05) is 0 Å². The smallest absolute Gasteiger partial charge is 0.255 e. The molecule has 0 atom stereocenters. The zero-order chi connectivity index (χ0) is 12.7. The Morgan fingerprint density at radius 1 is 1.17 bits per heavy atom. The molecule has 0 saturated carbocycles. The van der Waals surface area contributed by atoms with Crippen LogP contribution in [0.15, 0.2) is 30.6 Å². The highest BCUT2D eigenvalue weighted by Crippen LogP contribution is 2.33. The highest BCUT2D eigenvalue weighted by Gasteiger charge is 2.16. The van der Waals surface area contributed by atoms with Crippen LogP contribution in [-0.4, -0.2) is 24.7 Å². The molecule has 0 radical (unpaired) electrons. The first-order valence-electron chi connectivity index (χ1n) is 5.64. The molecule has 0 unspecified atom stereocenters. The van der Waals surface area contributed by atoms with Crippen molar-refractivity contribution in [1.29, 1.82) is 0 Å². The maximum absolute atomic E-state index is 10.3. The minimum absolute atomic E-state index is 0.0734. The van der Waals surface area contributed by atoms with Crippen molar-refractivity contribution < 1.29 is 5.11 Å². The summed E-state index contributed by atoms with van der Waals surface area (Å²) in [5.41, 5.74) is 3.47. The zero-order valence-corrected chi connectivity index (χ0v) is 10.1. The van der Waals surface area contributed by atoms with Crippen molar-refractivity contribution >= 4 is 5.78 Å². The Balaban J connectivity index is 2.39. The Labute approximate surface area is 104 Å². The lowest BCUT2D eigenvalue weighted by atomic mass is 10.0. The van der Waals surface area contributed by atoms with E-state index in [-0.39, 0.29) is 5.88 Å². The number of hydrogen-bond acceptors (Lipinski definition) is 4. The molecular formula is C13H12N4O. The predicted octanol–water partition coefficient (Wildman–Crippen LogP) is 2.11. The van der Waals surface area contributed by atoms with E-state index in [4.69, 9.17) is 0 Å². The second-order valence-corrected chi connectivity index (χ2v) is 4.18. The average molecular weight is 240 g/mol. The maximum Gasteiger partial charge on any atom is 0.255 e. The minimum Gasteiger partial charge on any atom is -0.493 e. The van der Waals surface area contributed by atoms with Crippen LogP contribution in [-0.2, 0) is 0 Å². The quantitative estimate of drug-likeness (QED) is 0.707. The van der Waals surface area contributed by atoms with Gasteiger partial charge < -0.3 is 5.11 Å². The lowest BCUT2D eigenvalue weighted by molar-refractivity contribution is 0.437. The van der Waals surface area contributed by atoms with Crippen LogP contribution in [0.4, 0.5) is 0 Å². The van der Waals surface area contributed by atoms with E-state index in [0.717, 1.165) is 16.8 Å². The standard InChI is InChI=1S/C13H12N4O/c1-8-5-3-4-6-10(8)11-9(2)16-13-14-7-15-17(13)12(11)18/h3-7,18H,1-2H3. The van der Waals surface area contributed by atoms with Crippen molar-refractivity contribution in [2.24, 2.45) is 0 Å². The second kappa shape index (κ2) is 3.80. The van der Waals surface area contributed by atoms with Gasteiger partial charge in [-0.15, -0.1) is 0 Å². The van der Waals surface area contributed by atoms with Crippen LogP contribution in [0.3, 0.4) is 0 Å². The largest absolute Gasteiger partial charge is 0.493 e. The molecule has 0 spiro atoms. The van der Waals surface area contributed by atoms with E-state index in [1.165, 1.54) is 10.8 Å². The summed E-state index contributed by atoms with van der Waals surface area (Å²) in [6, 6.07) is 7.86. The van der Waals surface area contributed by atoms with E-state index in [2.05, 4.69) is 15.1 Å². The van der Waals surface area contributed by atoms with Crippen LogP contribution in [0, 0.1) is 13.8 Å². The monoisotopic (exact) mass is 240 g/mol. The Kier molecular flexibility index (Phi) is 2.26. The van der Waals surface area contributed by atoms with Crippen molar-refractivity contribution in [3.63, 3.8) is 0 Å². The van der Waals surface area contributed by atoms with Crippen molar-refractivity contribution in [3.8, 4) is 17.0 Å². The molecule has 3 rings (SSSR count). The van der Waals surface area contributed by atoms with E-state index in [1.807, 2.05) is 38.1 Å². The fourth-order valence-electron chi connectivity index (χ4n) is 2.10. The number of aromatic hydroxyl groups is 1. The molecule has 3 aromatic rings. The average Bonchev–Trinajstić information content (AvgIpc) is 2.79. The molecule has 0 amide bonds. The molecule has 2 aromatic heterocycles. The normalized spacial score (nSPS) is 11.0. The molecule has 1 aromatic carbocycles. The molecule has 5 heteroatoms. The van der Waals surface area contributed by atoms with Crippen LogP contribution in [0.2, 0.25) is 0 Å². The van der Waals surface area contributed by atoms with Gasteiger partial charge in [-0.1, -0.05) is 24.3 Å². The molecule has 0 aliphatic carbocycles. The summed E-state index contributed by atoms with van der Waals surface area (Å²) in [5, 5.41) is 14.3. The first-order valence-corrected chi connectivity index (χ1v) is 5.64. The summed E-state index contributed by atoms with van der Waals surface area (Å²) >= 11 is 0. The number of hydrogen-bond donors (Lipinski definition) is 1. The van der Waals surface area contributed by atoms with E-state index >= 15 is 0 Å². The van der Waals surface area contributed by atoms with Crippen molar-refractivity contribution in [3.05, 3.63) is 41.9 Å². The van der Waals surface area contributed by atoms with Crippen LogP contribution in [0.5, 0.6) is 5.88 Å². The van der Waals surface area contributed by atoms with Crippen LogP contribution >= 0.6 is 0 Å². The molecule has 2 heterocycles. The molecule has 0 aliphatic rings. The molecule has 0 saturated heterocycles. The first-order chi connectivity index (χ1) is 8.68. The summed E-state index contributed by atoms with van der Waals surface area (Å²) < 4.78 is 1.34. The number of nitrogens with zero attached hydrogens (tertiary/aromatic N) is 4. The Morgan fingerprint density at radius 3 is 2.72 bits per heavy atom. The Morgan fingerprint density at radius 2 is 1.94 bits per heavy atom. The third-order valence-corrected chi connectivity index (χ3v) is 3.00. The van der Waals surface area contributed by atoms with Gasteiger partial charge in [0.25, 0.3) is 5.78 Å². The Hall–Kier alpha value is -2.43. The summed E-state index contributed by atoms with van der Waals surface area (Å²) in [4.78, 5) is 8.32. The number of aryl methyl sites for hydroxylation is 2. The second-order valence-electron chi connectivity index (χ2n) is 4.18. The fourth-order valence-corrected chi connectivity index (χ4v) is 2.10.